The molecule has 132 valence electrons. The number of nitrogens with zero attached hydrogens (tertiary/aromatic N) is 3. The lowest BCUT2D eigenvalue weighted by atomic mass is 9.64. The summed E-state index contributed by atoms with van der Waals surface area (Å²) in [4.78, 5) is 17.3. The Labute approximate surface area is 149 Å². The van der Waals surface area contributed by atoms with Crippen LogP contribution in [0.2, 0.25) is 0 Å². The Hall–Kier alpha value is -2.35. The van der Waals surface area contributed by atoms with E-state index in [-0.39, 0.29) is 22.8 Å². The van der Waals surface area contributed by atoms with E-state index in [9.17, 15) is 10.1 Å². The lowest BCUT2D eigenvalue weighted by Gasteiger charge is -2.41. The average molecular weight is 338 g/mol. The van der Waals surface area contributed by atoms with Crippen LogP contribution in [0.5, 0.6) is 0 Å². The van der Waals surface area contributed by atoms with E-state index < -0.39 is 0 Å². The highest BCUT2D eigenvalue weighted by Gasteiger charge is 2.40. The van der Waals surface area contributed by atoms with E-state index >= 15 is 0 Å². The van der Waals surface area contributed by atoms with Crippen molar-refractivity contribution in [2.45, 2.75) is 59.9 Å². The number of fused-ring (bicyclic) bond motifs is 1. The molecule has 5 nitrogen and oxygen atoms in total. The minimum atomic E-state index is -0.266. The van der Waals surface area contributed by atoms with Gasteiger partial charge in [-0.05, 0) is 63.6 Å². The molecule has 0 atom stereocenters. The first-order valence-electron chi connectivity index (χ1n) is 8.76. The highest BCUT2D eigenvalue weighted by atomic mass is 16.2. The van der Waals surface area contributed by atoms with Gasteiger partial charge < -0.3 is 4.57 Å². The largest absolute Gasteiger partial charge is 0.305 e. The van der Waals surface area contributed by atoms with Crippen LogP contribution in [0.3, 0.4) is 0 Å². The van der Waals surface area contributed by atoms with Crippen LogP contribution in [0.15, 0.2) is 12.1 Å². The topological polar surface area (TPSA) is 70.7 Å². The van der Waals surface area contributed by atoms with Crippen LogP contribution in [-0.4, -0.2) is 15.5 Å². The van der Waals surface area contributed by atoms with E-state index in [1.807, 2.05) is 23.6 Å². The summed E-state index contributed by atoms with van der Waals surface area (Å²) in [5, 5.41) is 12.4. The molecular weight excluding hydrogens is 312 g/mol. The second kappa shape index (κ2) is 5.59. The number of carbonyl (C=O) groups excluding carboxylic acids is 1. The molecule has 0 unspecified atom stereocenters. The van der Waals surface area contributed by atoms with Crippen LogP contribution in [0, 0.1) is 29.6 Å². The average Bonchev–Trinajstić information content (AvgIpc) is 2.80. The first-order valence-corrected chi connectivity index (χ1v) is 8.76. The fourth-order valence-corrected chi connectivity index (χ4v) is 3.78. The highest BCUT2D eigenvalue weighted by molar-refractivity contribution is 5.94. The molecule has 0 radical (unpaired) electrons. The van der Waals surface area contributed by atoms with Crippen LogP contribution < -0.4 is 5.32 Å². The quantitative estimate of drug-likeness (QED) is 0.885. The minimum absolute atomic E-state index is 0.0392. The maximum atomic E-state index is 12.6. The van der Waals surface area contributed by atoms with E-state index in [0.717, 1.165) is 29.4 Å². The van der Waals surface area contributed by atoms with E-state index in [1.54, 1.807) is 0 Å². The van der Waals surface area contributed by atoms with E-state index in [4.69, 9.17) is 0 Å². The molecule has 1 aromatic heterocycles. The molecule has 0 saturated heterocycles. The molecule has 1 aliphatic rings. The SMILES string of the molecule is Cc1cc2nc(NC(=O)C3CC(C)(C)C3)n(C(C)(C)C)c2cc1C#N. The predicted molar refractivity (Wildman–Crippen MR) is 99.3 cm³/mol. The second-order valence-corrected chi connectivity index (χ2v) is 8.97. The third-order valence-corrected chi connectivity index (χ3v) is 5.00. The molecule has 1 aromatic carbocycles. The molecule has 1 aliphatic carbocycles. The van der Waals surface area contributed by atoms with Gasteiger partial charge in [0.25, 0.3) is 0 Å². The molecule has 0 bridgehead atoms. The zero-order valence-corrected chi connectivity index (χ0v) is 15.9. The van der Waals surface area contributed by atoms with Crippen molar-refractivity contribution < 1.29 is 4.79 Å². The molecule has 5 heteroatoms. The minimum Gasteiger partial charge on any atom is -0.305 e. The van der Waals surface area contributed by atoms with Gasteiger partial charge in [0, 0.05) is 11.5 Å². The first kappa shape index (κ1) is 17.5. The van der Waals surface area contributed by atoms with Crippen LogP contribution >= 0.6 is 0 Å². The molecular formula is C20H26N4O. The van der Waals surface area contributed by atoms with Crippen molar-refractivity contribution in [3.8, 4) is 6.07 Å². The van der Waals surface area contributed by atoms with Gasteiger partial charge in [0.1, 0.15) is 0 Å². The maximum Gasteiger partial charge on any atom is 0.229 e. The van der Waals surface area contributed by atoms with E-state index in [0.29, 0.717) is 11.5 Å². The Morgan fingerprint density at radius 1 is 1.36 bits per heavy atom. The monoisotopic (exact) mass is 338 g/mol. The van der Waals surface area contributed by atoms with Crippen LogP contribution in [0.25, 0.3) is 11.0 Å². The number of hydrogen-bond donors (Lipinski definition) is 1. The number of imidazole rings is 1. The van der Waals surface area contributed by atoms with Gasteiger partial charge in [0.2, 0.25) is 11.9 Å². The number of amides is 1. The number of nitriles is 1. The Kier molecular flexibility index (Phi) is 3.90. The highest BCUT2D eigenvalue weighted by Crippen LogP contribution is 2.45. The third kappa shape index (κ3) is 3.13. The van der Waals surface area contributed by atoms with Gasteiger partial charge in [0.05, 0.1) is 22.7 Å². The lowest BCUT2D eigenvalue weighted by Crippen LogP contribution is -2.40. The van der Waals surface area contributed by atoms with Crippen molar-refractivity contribution in [1.82, 2.24) is 9.55 Å². The number of nitrogens with one attached hydrogen (secondary N) is 1. The summed E-state index contributed by atoms with van der Waals surface area (Å²) in [5.74, 6) is 0.656. The third-order valence-electron chi connectivity index (χ3n) is 5.00. The summed E-state index contributed by atoms with van der Waals surface area (Å²) in [6.45, 7) is 12.5. The van der Waals surface area contributed by atoms with Gasteiger partial charge in [0.15, 0.2) is 0 Å². The summed E-state index contributed by atoms with van der Waals surface area (Å²) in [5.41, 5.74) is 3.20. The molecule has 1 amide bonds. The van der Waals surface area contributed by atoms with E-state index in [2.05, 4.69) is 51.0 Å². The Morgan fingerprint density at radius 2 is 2.00 bits per heavy atom. The zero-order chi connectivity index (χ0) is 18.6. The Morgan fingerprint density at radius 3 is 2.52 bits per heavy atom. The number of benzene rings is 1. The Balaban J connectivity index is 2.03. The number of carbonyl (C=O) groups is 1. The number of aromatic nitrogens is 2. The lowest BCUT2D eigenvalue weighted by molar-refractivity contribution is -0.126. The Bertz CT molecular complexity index is 885. The number of rotatable bonds is 2. The molecule has 1 saturated carbocycles. The van der Waals surface area contributed by atoms with Crippen molar-refractivity contribution >= 4 is 22.9 Å². The van der Waals surface area contributed by atoms with Crippen molar-refractivity contribution in [3.63, 3.8) is 0 Å². The van der Waals surface area contributed by atoms with E-state index in [1.165, 1.54) is 0 Å². The van der Waals surface area contributed by atoms with Gasteiger partial charge >= 0.3 is 0 Å². The van der Waals surface area contributed by atoms with Crippen molar-refractivity contribution in [3.05, 3.63) is 23.3 Å². The second-order valence-electron chi connectivity index (χ2n) is 8.97. The van der Waals surface area contributed by atoms with Gasteiger partial charge in [-0.2, -0.15) is 5.26 Å². The summed E-state index contributed by atoms with van der Waals surface area (Å²) < 4.78 is 2.02. The zero-order valence-electron chi connectivity index (χ0n) is 15.9. The molecule has 0 spiro atoms. The molecule has 1 N–H and O–H groups in total. The molecule has 0 aliphatic heterocycles. The van der Waals surface area contributed by atoms with Gasteiger partial charge in [-0.3, -0.25) is 10.1 Å². The smallest absolute Gasteiger partial charge is 0.229 e. The summed E-state index contributed by atoms with van der Waals surface area (Å²) in [6, 6.07) is 6.01. The van der Waals surface area contributed by atoms with Crippen LogP contribution in [-0.2, 0) is 10.3 Å². The molecule has 3 rings (SSSR count). The number of hydrogen-bond acceptors (Lipinski definition) is 3. The summed E-state index contributed by atoms with van der Waals surface area (Å²) in [6.07, 6.45) is 1.82. The number of aryl methyl sites for hydroxylation is 1. The van der Waals surface area contributed by atoms with Crippen molar-refractivity contribution in [1.29, 1.82) is 5.26 Å². The fraction of sp³-hybridized carbons (Fsp3) is 0.550. The molecule has 25 heavy (non-hydrogen) atoms. The first-order chi connectivity index (χ1) is 11.5. The van der Waals surface area contributed by atoms with Gasteiger partial charge in [-0.25, -0.2) is 4.98 Å². The predicted octanol–water partition coefficient (Wildman–Crippen LogP) is 4.35. The van der Waals surface area contributed by atoms with Crippen molar-refractivity contribution in [2.24, 2.45) is 11.3 Å². The van der Waals surface area contributed by atoms with Crippen molar-refractivity contribution in [2.75, 3.05) is 5.32 Å². The summed E-state index contributed by atoms with van der Waals surface area (Å²) in [7, 11) is 0. The van der Waals surface area contributed by atoms with Gasteiger partial charge in [-0.1, -0.05) is 13.8 Å². The van der Waals surface area contributed by atoms with Gasteiger partial charge in [-0.15, -0.1) is 0 Å². The fourth-order valence-electron chi connectivity index (χ4n) is 3.78. The molecule has 2 aromatic rings. The van der Waals surface area contributed by atoms with Crippen LogP contribution in [0.4, 0.5) is 5.95 Å². The maximum absolute atomic E-state index is 12.6. The molecule has 1 heterocycles. The van der Waals surface area contributed by atoms with Crippen LogP contribution in [0.1, 0.15) is 58.6 Å². The molecule has 1 fully saturated rings. The summed E-state index contributed by atoms with van der Waals surface area (Å²) >= 11 is 0. The normalized spacial score (nSPS) is 17.2. The standard InChI is InChI=1S/C20H26N4O/c1-12-7-15-16(8-13(12)11-21)24(19(2,3)4)18(22-15)23-17(25)14-9-20(5,6)10-14/h7-8,14H,9-10H2,1-6H3,(H,22,23,25). The number of anilines is 1.